The lowest BCUT2D eigenvalue weighted by atomic mass is 9.98. The van der Waals surface area contributed by atoms with E-state index in [0.29, 0.717) is 5.92 Å². The summed E-state index contributed by atoms with van der Waals surface area (Å²) in [6.45, 7) is 2.95. The van der Waals surface area contributed by atoms with Crippen LogP contribution >= 0.6 is 11.8 Å². The van der Waals surface area contributed by atoms with Gasteiger partial charge in [0.25, 0.3) is 0 Å². The van der Waals surface area contributed by atoms with Gasteiger partial charge in [0.1, 0.15) is 5.75 Å². The summed E-state index contributed by atoms with van der Waals surface area (Å²) >= 11 is 1.71. The van der Waals surface area contributed by atoms with Crippen LogP contribution in [0.25, 0.3) is 0 Å². The lowest BCUT2D eigenvalue weighted by molar-refractivity contribution is 0.404. The zero-order valence-electron chi connectivity index (χ0n) is 9.62. The highest BCUT2D eigenvalue weighted by atomic mass is 32.2. The van der Waals surface area contributed by atoms with Crippen LogP contribution in [0.2, 0.25) is 0 Å². The lowest BCUT2D eigenvalue weighted by Gasteiger charge is -2.13. The van der Waals surface area contributed by atoms with Gasteiger partial charge in [-0.1, -0.05) is 13.0 Å². The minimum Gasteiger partial charge on any atom is -0.496 e. The van der Waals surface area contributed by atoms with Crippen LogP contribution in [0.15, 0.2) is 23.1 Å². The number of hydrogen-bond acceptors (Lipinski definition) is 3. The van der Waals surface area contributed by atoms with Gasteiger partial charge in [0.05, 0.1) is 7.11 Å². The molecule has 0 radical (unpaired) electrons. The van der Waals surface area contributed by atoms with Crippen molar-refractivity contribution in [3.05, 3.63) is 23.8 Å². The van der Waals surface area contributed by atoms with Crippen LogP contribution < -0.4 is 10.5 Å². The predicted molar refractivity (Wildman–Crippen MR) is 66.9 cm³/mol. The van der Waals surface area contributed by atoms with E-state index < -0.39 is 0 Å². The first-order valence-electron chi connectivity index (χ1n) is 5.15. The molecule has 1 unspecified atom stereocenters. The Balaban J connectivity index is 2.92. The number of thioether (sulfide) groups is 1. The summed E-state index contributed by atoms with van der Waals surface area (Å²) in [5, 5.41) is 0. The lowest BCUT2D eigenvalue weighted by Crippen LogP contribution is -2.04. The van der Waals surface area contributed by atoms with E-state index in [0.717, 1.165) is 18.7 Å². The van der Waals surface area contributed by atoms with Crippen LogP contribution in [0.1, 0.15) is 24.8 Å². The Morgan fingerprint density at radius 3 is 2.73 bits per heavy atom. The monoisotopic (exact) mass is 225 g/mol. The van der Waals surface area contributed by atoms with Gasteiger partial charge >= 0.3 is 0 Å². The number of benzene rings is 1. The Bertz CT molecular complexity index is 314. The molecule has 0 aliphatic rings. The topological polar surface area (TPSA) is 35.2 Å². The second-order valence-corrected chi connectivity index (χ2v) is 4.44. The zero-order chi connectivity index (χ0) is 11.3. The summed E-state index contributed by atoms with van der Waals surface area (Å²) in [5.74, 6) is 1.47. The molecule has 84 valence electrons. The maximum absolute atomic E-state index is 5.56. The van der Waals surface area contributed by atoms with Crippen LogP contribution in [0.5, 0.6) is 5.75 Å². The third-order valence-corrected chi connectivity index (χ3v) is 3.34. The number of methoxy groups -OCH3 is 1. The van der Waals surface area contributed by atoms with Crippen LogP contribution in [0.4, 0.5) is 0 Å². The molecule has 1 aromatic rings. The fourth-order valence-corrected chi connectivity index (χ4v) is 2.18. The van der Waals surface area contributed by atoms with Crippen molar-refractivity contribution in [2.75, 3.05) is 19.9 Å². The Labute approximate surface area is 96.2 Å². The third kappa shape index (κ3) is 3.14. The molecule has 0 heterocycles. The highest BCUT2D eigenvalue weighted by Crippen LogP contribution is 2.31. The predicted octanol–water partition coefficient (Wildman–Crippen LogP) is 2.87. The molecule has 2 nitrogen and oxygen atoms in total. The first-order chi connectivity index (χ1) is 7.22. The smallest absolute Gasteiger partial charge is 0.132 e. The number of ether oxygens (including phenoxy) is 1. The number of rotatable bonds is 5. The first kappa shape index (κ1) is 12.4. The molecule has 2 N–H and O–H groups in total. The molecule has 1 aromatic carbocycles. The average Bonchev–Trinajstić information content (AvgIpc) is 2.28. The summed E-state index contributed by atoms with van der Waals surface area (Å²) in [7, 11) is 1.71. The van der Waals surface area contributed by atoms with Crippen molar-refractivity contribution in [1.82, 2.24) is 0 Å². The highest BCUT2D eigenvalue weighted by Gasteiger charge is 2.08. The normalized spacial score (nSPS) is 12.5. The minimum atomic E-state index is 0.520. The summed E-state index contributed by atoms with van der Waals surface area (Å²) in [6.07, 6.45) is 3.09. The van der Waals surface area contributed by atoms with Crippen LogP contribution in [-0.2, 0) is 0 Å². The molecule has 0 amide bonds. The maximum atomic E-state index is 5.56. The molecule has 0 aromatic heterocycles. The molecular formula is C12H19NOS. The van der Waals surface area contributed by atoms with Gasteiger partial charge in [-0.2, -0.15) is 0 Å². The van der Waals surface area contributed by atoms with Crippen molar-refractivity contribution in [3.63, 3.8) is 0 Å². The van der Waals surface area contributed by atoms with Crippen molar-refractivity contribution in [1.29, 1.82) is 0 Å². The SMILES string of the molecule is COc1ccc(C(C)CCN)cc1SC. The van der Waals surface area contributed by atoms with Gasteiger partial charge in [-0.3, -0.25) is 0 Å². The molecule has 0 aliphatic heterocycles. The molecule has 0 saturated heterocycles. The fraction of sp³-hybridized carbons (Fsp3) is 0.500. The zero-order valence-corrected chi connectivity index (χ0v) is 10.4. The van der Waals surface area contributed by atoms with Crippen LogP contribution in [-0.4, -0.2) is 19.9 Å². The first-order valence-corrected chi connectivity index (χ1v) is 6.37. The van der Waals surface area contributed by atoms with Crippen molar-refractivity contribution >= 4 is 11.8 Å². The standard InChI is InChI=1S/C12H19NOS/c1-9(6-7-13)10-4-5-11(14-2)12(8-10)15-3/h4-5,8-9H,6-7,13H2,1-3H3. The molecule has 0 spiro atoms. The third-order valence-electron chi connectivity index (χ3n) is 2.58. The van der Waals surface area contributed by atoms with Gasteiger partial charge in [0, 0.05) is 4.90 Å². The maximum Gasteiger partial charge on any atom is 0.132 e. The van der Waals surface area contributed by atoms with E-state index in [4.69, 9.17) is 10.5 Å². The van der Waals surface area contributed by atoms with Gasteiger partial charge in [-0.05, 0) is 42.8 Å². The van der Waals surface area contributed by atoms with Gasteiger partial charge in [-0.25, -0.2) is 0 Å². The van der Waals surface area contributed by atoms with E-state index in [1.54, 1.807) is 18.9 Å². The Morgan fingerprint density at radius 2 is 2.20 bits per heavy atom. The van der Waals surface area contributed by atoms with Crippen molar-refractivity contribution in [2.45, 2.75) is 24.2 Å². The molecule has 0 aliphatic carbocycles. The van der Waals surface area contributed by atoms with E-state index in [9.17, 15) is 0 Å². The van der Waals surface area contributed by atoms with Gasteiger partial charge < -0.3 is 10.5 Å². The van der Waals surface area contributed by atoms with Crippen LogP contribution in [0.3, 0.4) is 0 Å². The Kier molecular flexibility index (Phi) is 4.99. The highest BCUT2D eigenvalue weighted by molar-refractivity contribution is 7.98. The molecule has 1 atom stereocenters. The molecule has 3 heteroatoms. The molecule has 1 rings (SSSR count). The van der Waals surface area contributed by atoms with Gasteiger partial charge in [0.2, 0.25) is 0 Å². The summed E-state index contributed by atoms with van der Waals surface area (Å²) in [5.41, 5.74) is 6.90. The van der Waals surface area contributed by atoms with Crippen molar-refractivity contribution in [3.8, 4) is 5.75 Å². The van der Waals surface area contributed by atoms with E-state index in [1.165, 1.54) is 10.5 Å². The minimum absolute atomic E-state index is 0.520. The summed E-state index contributed by atoms with van der Waals surface area (Å²) < 4.78 is 5.29. The summed E-state index contributed by atoms with van der Waals surface area (Å²) in [6, 6.07) is 6.36. The fourth-order valence-electron chi connectivity index (χ4n) is 1.58. The number of hydrogen-bond donors (Lipinski definition) is 1. The number of nitrogens with two attached hydrogens (primary N) is 1. The molecule has 0 fully saturated rings. The van der Waals surface area contributed by atoms with Gasteiger partial charge in [-0.15, -0.1) is 11.8 Å². The van der Waals surface area contributed by atoms with E-state index in [-0.39, 0.29) is 0 Å². The quantitative estimate of drug-likeness (QED) is 0.783. The molecule has 0 bridgehead atoms. The van der Waals surface area contributed by atoms with Crippen LogP contribution in [0, 0.1) is 0 Å². The molecular weight excluding hydrogens is 206 g/mol. The van der Waals surface area contributed by atoms with Crippen molar-refractivity contribution < 1.29 is 4.74 Å². The Hall–Kier alpha value is -0.670. The van der Waals surface area contributed by atoms with E-state index in [2.05, 4.69) is 25.3 Å². The van der Waals surface area contributed by atoms with Crippen molar-refractivity contribution in [2.24, 2.45) is 5.73 Å². The summed E-state index contributed by atoms with van der Waals surface area (Å²) in [4.78, 5) is 1.19. The molecule has 15 heavy (non-hydrogen) atoms. The largest absolute Gasteiger partial charge is 0.496 e. The Morgan fingerprint density at radius 1 is 1.47 bits per heavy atom. The van der Waals surface area contributed by atoms with Gasteiger partial charge in [0.15, 0.2) is 0 Å². The van der Waals surface area contributed by atoms with E-state index >= 15 is 0 Å². The average molecular weight is 225 g/mol. The van der Waals surface area contributed by atoms with E-state index in [1.807, 2.05) is 6.07 Å². The second-order valence-electron chi connectivity index (χ2n) is 3.59. The second kappa shape index (κ2) is 6.03. The molecule has 0 saturated carbocycles.